The fourth-order valence-electron chi connectivity index (χ4n) is 3.45. The minimum Gasteiger partial charge on any atom is -0.422 e. The summed E-state index contributed by atoms with van der Waals surface area (Å²) in [6.07, 6.45) is 1.34. The maximum absolute atomic E-state index is 12.7. The summed E-state index contributed by atoms with van der Waals surface area (Å²) in [4.78, 5) is 25.0. The predicted molar refractivity (Wildman–Crippen MR) is 142 cm³/mol. The molecule has 0 unspecified atom stereocenters. The Labute approximate surface area is 219 Å². The zero-order valence-corrected chi connectivity index (χ0v) is 21.2. The van der Waals surface area contributed by atoms with Gasteiger partial charge < -0.3 is 4.74 Å². The van der Waals surface area contributed by atoms with Crippen molar-refractivity contribution in [3.05, 3.63) is 107 Å². The van der Waals surface area contributed by atoms with Crippen LogP contribution in [0, 0.1) is 6.92 Å². The Balaban J connectivity index is 1.50. The number of amides is 1. The Hall–Kier alpha value is -4.05. The highest BCUT2D eigenvalue weighted by molar-refractivity contribution is 7.89. The van der Waals surface area contributed by atoms with Crippen molar-refractivity contribution in [1.29, 1.82) is 0 Å². The highest BCUT2D eigenvalue weighted by Gasteiger charge is 2.17. The highest BCUT2D eigenvalue weighted by Crippen LogP contribution is 2.28. The van der Waals surface area contributed by atoms with Gasteiger partial charge in [0.05, 0.1) is 28.2 Å². The van der Waals surface area contributed by atoms with Gasteiger partial charge in [0.2, 0.25) is 10.0 Å². The van der Waals surface area contributed by atoms with Gasteiger partial charge in [-0.15, -0.1) is 0 Å². The number of carbonyl (C=O) groups is 2. The molecule has 188 valence electrons. The third kappa shape index (κ3) is 6.39. The van der Waals surface area contributed by atoms with Gasteiger partial charge in [-0.05, 0) is 48.0 Å². The molecule has 0 bridgehead atoms. The summed E-state index contributed by atoms with van der Waals surface area (Å²) in [6, 6.07) is 23.6. The standard InChI is InChI=1S/C27H22ClN3O5S/c1-18-10-13-20(14-11-18)37(34,35)30-17-26(32)31-29-16-23-21-7-3-2-6-19(21)12-15-25(23)36-27(33)22-8-4-5-9-24(22)28/h2-16,30H,17H2,1H3,(H,31,32)/b29-16-. The molecule has 0 aromatic heterocycles. The van der Waals surface area contributed by atoms with E-state index in [2.05, 4.69) is 15.2 Å². The lowest BCUT2D eigenvalue weighted by atomic mass is 10.0. The van der Waals surface area contributed by atoms with Crippen molar-refractivity contribution in [3.63, 3.8) is 0 Å². The fourth-order valence-corrected chi connectivity index (χ4v) is 4.64. The molecule has 0 saturated carbocycles. The van der Waals surface area contributed by atoms with Crippen molar-refractivity contribution in [2.45, 2.75) is 11.8 Å². The van der Waals surface area contributed by atoms with E-state index in [1.54, 1.807) is 48.5 Å². The van der Waals surface area contributed by atoms with E-state index in [4.69, 9.17) is 16.3 Å². The summed E-state index contributed by atoms with van der Waals surface area (Å²) >= 11 is 6.12. The van der Waals surface area contributed by atoms with Crippen LogP contribution in [0.4, 0.5) is 0 Å². The van der Waals surface area contributed by atoms with E-state index < -0.39 is 28.4 Å². The normalized spacial score (nSPS) is 11.5. The molecule has 0 saturated heterocycles. The fraction of sp³-hybridized carbons (Fsp3) is 0.0741. The Morgan fingerprint density at radius 3 is 2.41 bits per heavy atom. The van der Waals surface area contributed by atoms with Crippen LogP contribution in [-0.2, 0) is 14.8 Å². The van der Waals surface area contributed by atoms with Crippen LogP contribution < -0.4 is 14.9 Å². The molecule has 8 nitrogen and oxygen atoms in total. The monoisotopic (exact) mass is 535 g/mol. The van der Waals surface area contributed by atoms with Gasteiger partial charge in [0.15, 0.2) is 0 Å². The smallest absolute Gasteiger partial charge is 0.345 e. The molecule has 0 aliphatic rings. The number of esters is 1. The van der Waals surface area contributed by atoms with Gasteiger partial charge in [-0.1, -0.05) is 71.8 Å². The molecule has 4 aromatic rings. The van der Waals surface area contributed by atoms with Crippen LogP contribution in [0.15, 0.2) is 94.9 Å². The van der Waals surface area contributed by atoms with Gasteiger partial charge in [0.1, 0.15) is 5.75 Å². The number of halogens is 1. The predicted octanol–water partition coefficient (Wildman–Crippen LogP) is 4.45. The summed E-state index contributed by atoms with van der Waals surface area (Å²) in [7, 11) is -3.86. The van der Waals surface area contributed by atoms with Gasteiger partial charge in [0, 0.05) is 5.56 Å². The second-order valence-corrected chi connectivity index (χ2v) is 10.2. The molecule has 0 spiro atoms. The molecular weight excluding hydrogens is 514 g/mol. The molecule has 0 radical (unpaired) electrons. The molecule has 0 aliphatic carbocycles. The van der Waals surface area contributed by atoms with Crippen LogP contribution in [0.1, 0.15) is 21.5 Å². The molecule has 0 aliphatic heterocycles. The molecule has 0 fully saturated rings. The number of fused-ring (bicyclic) bond motifs is 1. The van der Waals surface area contributed by atoms with E-state index in [1.165, 1.54) is 18.3 Å². The molecule has 37 heavy (non-hydrogen) atoms. The second-order valence-electron chi connectivity index (χ2n) is 8.00. The van der Waals surface area contributed by atoms with Crippen LogP contribution in [0.2, 0.25) is 5.02 Å². The van der Waals surface area contributed by atoms with E-state index in [0.29, 0.717) is 5.56 Å². The van der Waals surface area contributed by atoms with Crippen LogP contribution in [0.25, 0.3) is 10.8 Å². The van der Waals surface area contributed by atoms with Gasteiger partial charge in [-0.3, -0.25) is 4.79 Å². The first kappa shape index (κ1) is 26.0. The lowest BCUT2D eigenvalue weighted by molar-refractivity contribution is -0.119. The lowest BCUT2D eigenvalue weighted by Crippen LogP contribution is -2.34. The minimum absolute atomic E-state index is 0.0510. The largest absolute Gasteiger partial charge is 0.422 e. The van der Waals surface area contributed by atoms with Crippen molar-refractivity contribution in [1.82, 2.24) is 10.1 Å². The lowest BCUT2D eigenvalue weighted by Gasteiger charge is -2.11. The average Bonchev–Trinajstić information content (AvgIpc) is 2.89. The van der Waals surface area contributed by atoms with E-state index in [0.717, 1.165) is 16.3 Å². The number of carbonyl (C=O) groups excluding carboxylic acids is 2. The van der Waals surface area contributed by atoms with Crippen molar-refractivity contribution >= 4 is 50.5 Å². The molecule has 4 rings (SSSR count). The topological polar surface area (TPSA) is 114 Å². The van der Waals surface area contributed by atoms with E-state index in [-0.39, 0.29) is 21.2 Å². The van der Waals surface area contributed by atoms with E-state index in [1.807, 2.05) is 31.2 Å². The van der Waals surface area contributed by atoms with Gasteiger partial charge >= 0.3 is 5.97 Å². The number of nitrogens with one attached hydrogen (secondary N) is 2. The zero-order valence-electron chi connectivity index (χ0n) is 19.6. The Bertz CT molecular complexity index is 1600. The molecular formula is C27H22ClN3O5S. The van der Waals surface area contributed by atoms with E-state index >= 15 is 0 Å². The Morgan fingerprint density at radius 2 is 1.65 bits per heavy atom. The number of hydrazone groups is 1. The van der Waals surface area contributed by atoms with Crippen LogP contribution in [-0.4, -0.2) is 33.1 Å². The summed E-state index contributed by atoms with van der Waals surface area (Å²) in [5.74, 6) is -1.12. The summed E-state index contributed by atoms with van der Waals surface area (Å²) < 4.78 is 32.6. The first-order valence-corrected chi connectivity index (χ1v) is 13.0. The van der Waals surface area contributed by atoms with Crippen LogP contribution >= 0.6 is 11.6 Å². The third-order valence-corrected chi connectivity index (χ3v) is 7.11. The molecule has 4 aromatic carbocycles. The second kappa shape index (κ2) is 11.3. The number of hydrogen-bond donors (Lipinski definition) is 2. The zero-order chi connectivity index (χ0) is 26.4. The SMILES string of the molecule is Cc1ccc(S(=O)(=O)NCC(=O)N/N=C\c2c(OC(=O)c3ccccc3Cl)ccc3ccccc23)cc1. The first-order valence-electron chi connectivity index (χ1n) is 11.1. The van der Waals surface area contributed by atoms with Gasteiger partial charge in [-0.25, -0.2) is 23.4 Å². The van der Waals surface area contributed by atoms with Crippen molar-refractivity contribution in [2.24, 2.45) is 5.10 Å². The number of hydrogen-bond acceptors (Lipinski definition) is 6. The first-order chi connectivity index (χ1) is 17.7. The maximum Gasteiger partial charge on any atom is 0.345 e. The summed E-state index contributed by atoms with van der Waals surface area (Å²) in [5, 5.41) is 5.80. The molecule has 0 atom stereocenters. The minimum atomic E-state index is -3.86. The molecule has 2 N–H and O–H groups in total. The van der Waals surface area contributed by atoms with Gasteiger partial charge in [-0.2, -0.15) is 5.10 Å². The number of benzene rings is 4. The quantitative estimate of drug-likeness (QED) is 0.150. The van der Waals surface area contributed by atoms with Crippen molar-refractivity contribution in [3.8, 4) is 5.75 Å². The number of aryl methyl sites for hydroxylation is 1. The molecule has 10 heteroatoms. The van der Waals surface area contributed by atoms with Crippen molar-refractivity contribution < 1.29 is 22.7 Å². The average molecular weight is 536 g/mol. The third-order valence-electron chi connectivity index (χ3n) is 5.36. The van der Waals surface area contributed by atoms with Crippen LogP contribution in [0.5, 0.6) is 5.75 Å². The Kier molecular flexibility index (Phi) is 7.98. The summed E-state index contributed by atoms with van der Waals surface area (Å²) in [5.41, 5.74) is 3.85. The number of nitrogens with zero attached hydrogens (tertiary/aromatic N) is 1. The molecule has 0 heterocycles. The van der Waals surface area contributed by atoms with Crippen molar-refractivity contribution in [2.75, 3.05) is 6.54 Å². The van der Waals surface area contributed by atoms with Crippen LogP contribution in [0.3, 0.4) is 0 Å². The highest BCUT2D eigenvalue weighted by atomic mass is 35.5. The van der Waals surface area contributed by atoms with E-state index in [9.17, 15) is 18.0 Å². The Morgan fingerprint density at radius 1 is 0.946 bits per heavy atom. The van der Waals surface area contributed by atoms with Gasteiger partial charge in [0.25, 0.3) is 5.91 Å². The number of rotatable bonds is 8. The number of sulfonamides is 1. The maximum atomic E-state index is 12.7. The summed E-state index contributed by atoms with van der Waals surface area (Å²) in [6.45, 7) is 1.33. The molecule has 1 amide bonds. The number of ether oxygens (including phenoxy) is 1.